The summed E-state index contributed by atoms with van der Waals surface area (Å²) in [4.78, 5) is 37.0. The number of carboxylic acid groups (broad SMARTS) is 1. The lowest BCUT2D eigenvalue weighted by Gasteiger charge is -2.27. The molecule has 30 heavy (non-hydrogen) atoms. The van der Waals surface area contributed by atoms with E-state index in [1.807, 2.05) is 0 Å². The van der Waals surface area contributed by atoms with Crippen molar-refractivity contribution in [2.45, 2.75) is 38.1 Å². The van der Waals surface area contributed by atoms with E-state index in [1.54, 1.807) is 12.1 Å². The minimum Gasteiger partial charge on any atom is -0.481 e. The fourth-order valence-electron chi connectivity index (χ4n) is 3.78. The first-order chi connectivity index (χ1) is 14.5. The van der Waals surface area contributed by atoms with Gasteiger partial charge in [0.1, 0.15) is 11.5 Å². The Bertz CT molecular complexity index is 949. The van der Waals surface area contributed by atoms with Gasteiger partial charge in [-0.2, -0.15) is 0 Å². The van der Waals surface area contributed by atoms with Crippen molar-refractivity contribution in [3.8, 4) is 11.3 Å². The third-order valence-electron chi connectivity index (χ3n) is 5.42. The number of carboxylic acids is 1. The number of anilines is 2. The molecule has 0 radical (unpaired) electrons. The van der Waals surface area contributed by atoms with E-state index < -0.39 is 17.9 Å². The molecule has 2 fully saturated rings. The van der Waals surface area contributed by atoms with Crippen molar-refractivity contribution in [3.05, 3.63) is 30.3 Å². The summed E-state index contributed by atoms with van der Waals surface area (Å²) < 4.78 is 19.5. The summed E-state index contributed by atoms with van der Waals surface area (Å²) in [6.07, 6.45) is 5.34. The van der Waals surface area contributed by atoms with Crippen LogP contribution in [-0.4, -0.2) is 51.3 Å². The number of carbonyl (C=O) groups excluding carboxylic acids is 1. The summed E-state index contributed by atoms with van der Waals surface area (Å²) in [5.41, 5.74) is 0.566. The maximum atomic E-state index is 14.5. The van der Waals surface area contributed by atoms with Crippen molar-refractivity contribution in [3.63, 3.8) is 0 Å². The second-order valence-corrected chi connectivity index (χ2v) is 7.44. The van der Waals surface area contributed by atoms with E-state index in [1.165, 1.54) is 11.1 Å². The van der Waals surface area contributed by atoms with Gasteiger partial charge in [0.2, 0.25) is 5.95 Å². The zero-order valence-electron chi connectivity index (χ0n) is 16.3. The number of amides is 1. The Morgan fingerprint density at radius 3 is 2.80 bits per heavy atom. The molecule has 4 rings (SSSR count). The molecule has 1 saturated carbocycles. The Morgan fingerprint density at radius 1 is 1.27 bits per heavy atom. The van der Waals surface area contributed by atoms with Crippen LogP contribution >= 0.6 is 0 Å². The van der Waals surface area contributed by atoms with Crippen LogP contribution in [0.5, 0.6) is 0 Å². The Kier molecular flexibility index (Phi) is 5.73. The molecule has 0 atom stereocenters. The summed E-state index contributed by atoms with van der Waals surface area (Å²) in [6, 6.07) is 3.25. The lowest BCUT2D eigenvalue weighted by atomic mass is 9.86. The molecule has 9 nitrogen and oxygen atoms in total. The van der Waals surface area contributed by atoms with Crippen LogP contribution in [0.1, 0.15) is 32.1 Å². The Morgan fingerprint density at radius 2 is 2.07 bits per heavy atom. The predicted molar refractivity (Wildman–Crippen MR) is 106 cm³/mol. The van der Waals surface area contributed by atoms with Gasteiger partial charge in [-0.1, -0.05) is 0 Å². The summed E-state index contributed by atoms with van der Waals surface area (Å²) in [6.45, 7) is 0.854. The summed E-state index contributed by atoms with van der Waals surface area (Å²) in [5.74, 6) is -1.02. The van der Waals surface area contributed by atoms with Crippen molar-refractivity contribution in [2.75, 3.05) is 23.4 Å². The van der Waals surface area contributed by atoms with Crippen LogP contribution in [0.2, 0.25) is 0 Å². The molecule has 0 unspecified atom stereocenters. The molecule has 0 spiro atoms. The minimum atomic E-state index is -0.764. The first-order valence-electron chi connectivity index (χ1n) is 9.94. The molecule has 2 aliphatic rings. The molecule has 2 aromatic rings. The summed E-state index contributed by atoms with van der Waals surface area (Å²) >= 11 is 0. The monoisotopic (exact) mass is 415 g/mol. The quantitative estimate of drug-likeness (QED) is 0.765. The van der Waals surface area contributed by atoms with Gasteiger partial charge in [0, 0.05) is 24.3 Å². The van der Waals surface area contributed by atoms with E-state index in [2.05, 4.69) is 20.3 Å². The lowest BCUT2D eigenvalue weighted by molar-refractivity contribution is -0.142. The van der Waals surface area contributed by atoms with Gasteiger partial charge in [0.05, 0.1) is 18.7 Å². The number of rotatable bonds is 5. The fraction of sp³-hybridized carbons (Fsp3) is 0.450. The van der Waals surface area contributed by atoms with Crippen molar-refractivity contribution in [2.24, 2.45) is 5.92 Å². The number of aromatic nitrogens is 3. The largest absolute Gasteiger partial charge is 0.481 e. The molecule has 0 bridgehead atoms. The van der Waals surface area contributed by atoms with Crippen LogP contribution in [0.4, 0.5) is 21.0 Å². The zero-order chi connectivity index (χ0) is 21.1. The molecule has 1 aliphatic heterocycles. The number of hydrogen-bond donors (Lipinski definition) is 2. The first-order valence-corrected chi connectivity index (χ1v) is 9.94. The minimum absolute atomic E-state index is 0.0371. The second-order valence-electron chi connectivity index (χ2n) is 7.44. The van der Waals surface area contributed by atoms with E-state index in [0.29, 0.717) is 56.6 Å². The number of nitrogens with one attached hydrogen (secondary N) is 1. The molecule has 2 aromatic heterocycles. The Balaban J connectivity index is 1.52. The predicted octanol–water partition coefficient (Wildman–Crippen LogP) is 3.08. The second kappa shape index (κ2) is 8.60. The summed E-state index contributed by atoms with van der Waals surface area (Å²) in [5, 5.41) is 12.3. The summed E-state index contributed by atoms with van der Waals surface area (Å²) in [7, 11) is 0. The zero-order valence-corrected chi connectivity index (χ0v) is 16.3. The van der Waals surface area contributed by atoms with E-state index in [-0.39, 0.29) is 23.6 Å². The number of ether oxygens (including phenoxy) is 1. The van der Waals surface area contributed by atoms with E-state index in [0.717, 1.165) is 6.20 Å². The van der Waals surface area contributed by atoms with Crippen LogP contribution in [0.15, 0.2) is 24.5 Å². The molecule has 1 amide bonds. The van der Waals surface area contributed by atoms with Crippen molar-refractivity contribution in [1.82, 2.24) is 15.0 Å². The first kappa shape index (κ1) is 20.0. The van der Waals surface area contributed by atoms with Gasteiger partial charge in [-0.15, -0.1) is 0 Å². The SMILES string of the molecule is O=C(O)C1CCC(Nc2ncc(F)c(-c3ccnc(N4CCCOC4=O)c3)n2)CC1. The molecular weight excluding hydrogens is 393 g/mol. The van der Waals surface area contributed by atoms with Gasteiger partial charge in [-0.3, -0.25) is 9.69 Å². The van der Waals surface area contributed by atoms with Crippen LogP contribution in [0.3, 0.4) is 0 Å². The molecule has 10 heteroatoms. The molecule has 1 aliphatic carbocycles. The molecular formula is C20H22FN5O4. The maximum absolute atomic E-state index is 14.5. The number of halogens is 1. The number of carbonyl (C=O) groups is 2. The standard InChI is InChI=1S/C20H22FN5O4/c21-15-11-23-19(24-14-4-2-12(3-5-14)18(27)28)25-17(15)13-6-7-22-16(10-13)26-8-1-9-30-20(26)29/h6-7,10-12,14H,1-5,8-9H2,(H,27,28)(H,23,24,25). The highest BCUT2D eigenvalue weighted by atomic mass is 19.1. The van der Waals surface area contributed by atoms with Gasteiger partial charge >= 0.3 is 12.1 Å². The smallest absolute Gasteiger partial charge is 0.415 e. The number of hydrogen-bond acceptors (Lipinski definition) is 7. The highest BCUT2D eigenvalue weighted by Crippen LogP contribution is 2.28. The topological polar surface area (TPSA) is 118 Å². The lowest BCUT2D eigenvalue weighted by Crippen LogP contribution is -2.38. The average molecular weight is 415 g/mol. The highest BCUT2D eigenvalue weighted by molar-refractivity contribution is 5.87. The van der Waals surface area contributed by atoms with Crippen LogP contribution < -0.4 is 10.2 Å². The van der Waals surface area contributed by atoms with Gasteiger partial charge in [-0.05, 0) is 44.2 Å². The van der Waals surface area contributed by atoms with Gasteiger partial charge in [0.25, 0.3) is 0 Å². The van der Waals surface area contributed by atoms with Gasteiger partial charge < -0.3 is 15.2 Å². The normalized spacial score (nSPS) is 21.8. The number of aliphatic carboxylic acids is 1. The van der Waals surface area contributed by atoms with Crippen molar-refractivity contribution >= 4 is 23.8 Å². The molecule has 1 saturated heterocycles. The number of cyclic esters (lactones) is 1. The molecule has 3 heterocycles. The maximum Gasteiger partial charge on any atom is 0.415 e. The van der Waals surface area contributed by atoms with Crippen molar-refractivity contribution in [1.29, 1.82) is 0 Å². The average Bonchev–Trinajstić information content (AvgIpc) is 2.76. The number of nitrogens with zero attached hydrogens (tertiary/aromatic N) is 4. The highest BCUT2D eigenvalue weighted by Gasteiger charge is 2.27. The number of pyridine rings is 1. The van der Waals surface area contributed by atoms with E-state index >= 15 is 0 Å². The van der Waals surface area contributed by atoms with E-state index in [4.69, 9.17) is 9.84 Å². The van der Waals surface area contributed by atoms with Crippen LogP contribution in [0.25, 0.3) is 11.3 Å². The molecule has 158 valence electrons. The molecule has 2 N–H and O–H groups in total. The Labute approximate surface area is 172 Å². The van der Waals surface area contributed by atoms with Crippen LogP contribution in [-0.2, 0) is 9.53 Å². The fourth-order valence-corrected chi connectivity index (χ4v) is 3.78. The molecule has 0 aromatic carbocycles. The van der Waals surface area contributed by atoms with Crippen molar-refractivity contribution < 1.29 is 23.8 Å². The third-order valence-corrected chi connectivity index (χ3v) is 5.42. The van der Waals surface area contributed by atoms with Gasteiger partial charge in [0.15, 0.2) is 5.82 Å². The van der Waals surface area contributed by atoms with Crippen LogP contribution in [0, 0.1) is 11.7 Å². The third kappa shape index (κ3) is 4.32. The van der Waals surface area contributed by atoms with Gasteiger partial charge in [-0.25, -0.2) is 24.1 Å². The van der Waals surface area contributed by atoms with E-state index in [9.17, 15) is 14.0 Å². The Hall–Kier alpha value is -3.30.